The first-order chi connectivity index (χ1) is 7.68. The number of nitrogens with zero attached hydrogens (tertiary/aromatic N) is 1. The van der Waals surface area contributed by atoms with Crippen molar-refractivity contribution in [3.8, 4) is 6.07 Å². The molecule has 1 aromatic rings. The predicted molar refractivity (Wildman–Crippen MR) is 58.5 cm³/mol. The summed E-state index contributed by atoms with van der Waals surface area (Å²) in [5.74, 6) is -0.237. The van der Waals surface area contributed by atoms with E-state index >= 15 is 0 Å². The number of hydrogen-bond acceptors (Lipinski definition) is 2. The maximum atomic E-state index is 13.5. The summed E-state index contributed by atoms with van der Waals surface area (Å²) in [5, 5.41) is 9.33. The quantitative estimate of drug-likeness (QED) is 0.727. The SMILES string of the molecule is Cc1ccc(C2(C#N)CCOCC2)cc1F. The van der Waals surface area contributed by atoms with Crippen molar-refractivity contribution in [2.45, 2.75) is 25.2 Å². The average Bonchev–Trinajstić information content (AvgIpc) is 2.33. The van der Waals surface area contributed by atoms with E-state index in [1.807, 2.05) is 6.07 Å². The lowest BCUT2D eigenvalue weighted by atomic mass is 9.75. The van der Waals surface area contributed by atoms with Crippen LogP contribution in [-0.4, -0.2) is 13.2 Å². The lowest BCUT2D eigenvalue weighted by Crippen LogP contribution is -2.32. The van der Waals surface area contributed by atoms with Gasteiger partial charge in [0.05, 0.1) is 11.5 Å². The van der Waals surface area contributed by atoms with Crippen LogP contribution in [0.1, 0.15) is 24.0 Å². The molecule has 0 radical (unpaired) electrons. The summed E-state index contributed by atoms with van der Waals surface area (Å²) in [5.41, 5.74) is 0.831. The molecule has 1 heterocycles. The van der Waals surface area contributed by atoms with Gasteiger partial charge in [0.15, 0.2) is 0 Å². The van der Waals surface area contributed by atoms with Crippen LogP contribution in [0.15, 0.2) is 18.2 Å². The van der Waals surface area contributed by atoms with Gasteiger partial charge in [-0.05, 0) is 37.0 Å². The van der Waals surface area contributed by atoms with Crippen molar-refractivity contribution in [2.75, 3.05) is 13.2 Å². The highest BCUT2D eigenvalue weighted by atomic mass is 19.1. The molecule has 84 valence electrons. The second kappa shape index (κ2) is 4.23. The van der Waals surface area contributed by atoms with E-state index in [0.29, 0.717) is 31.6 Å². The zero-order chi connectivity index (χ0) is 11.6. The molecule has 0 unspecified atom stereocenters. The Morgan fingerprint density at radius 3 is 2.62 bits per heavy atom. The van der Waals surface area contributed by atoms with E-state index < -0.39 is 5.41 Å². The molecule has 2 nitrogen and oxygen atoms in total. The van der Waals surface area contributed by atoms with E-state index in [0.717, 1.165) is 5.56 Å². The van der Waals surface area contributed by atoms with Gasteiger partial charge in [-0.2, -0.15) is 5.26 Å². The number of benzene rings is 1. The molecule has 16 heavy (non-hydrogen) atoms. The van der Waals surface area contributed by atoms with Gasteiger partial charge < -0.3 is 4.74 Å². The van der Waals surface area contributed by atoms with Crippen LogP contribution in [0.25, 0.3) is 0 Å². The van der Waals surface area contributed by atoms with Crippen molar-refractivity contribution >= 4 is 0 Å². The normalized spacial score (nSPS) is 19.1. The van der Waals surface area contributed by atoms with Crippen molar-refractivity contribution < 1.29 is 9.13 Å². The minimum absolute atomic E-state index is 0.237. The highest BCUT2D eigenvalue weighted by Gasteiger charge is 2.34. The molecule has 2 rings (SSSR count). The Hall–Kier alpha value is -1.40. The fraction of sp³-hybridized carbons (Fsp3) is 0.462. The Balaban J connectivity index is 2.40. The van der Waals surface area contributed by atoms with Gasteiger partial charge in [-0.1, -0.05) is 12.1 Å². The van der Waals surface area contributed by atoms with Crippen molar-refractivity contribution in [1.82, 2.24) is 0 Å². The lowest BCUT2D eigenvalue weighted by molar-refractivity contribution is 0.0674. The molecule has 3 heteroatoms. The molecule has 0 saturated carbocycles. The smallest absolute Gasteiger partial charge is 0.126 e. The molecular formula is C13H14FNO. The van der Waals surface area contributed by atoms with Crippen molar-refractivity contribution in [3.05, 3.63) is 35.1 Å². The molecule has 1 fully saturated rings. The Morgan fingerprint density at radius 2 is 2.06 bits per heavy atom. The highest BCUT2D eigenvalue weighted by Crippen LogP contribution is 2.34. The van der Waals surface area contributed by atoms with Gasteiger partial charge in [0.2, 0.25) is 0 Å². The van der Waals surface area contributed by atoms with E-state index in [4.69, 9.17) is 4.74 Å². The minimum Gasteiger partial charge on any atom is -0.381 e. The molecule has 0 N–H and O–H groups in total. The second-order valence-electron chi connectivity index (χ2n) is 4.27. The van der Waals surface area contributed by atoms with Crippen LogP contribution >= 0.6 is 0 Å². The topological polar surface area (TPSA) is 33.0 Å². The van der Waals surface area contributed by atoms with Gasteiger partial charge in [-0.25, -0.2) is 4.39 Å². The van der Waals surface area contributed by atoms with Crippen molar-refractivity contribution in [2.24, 2.45) is 0 Å². The zero-order valence-corrected chi connectivity index (χ0v) is 9.29. The Morgan fingerprint density at radius 1 is 1.38 bits per heavy atom. The van der Waals surface area contributed by atoms with Gasteiger partial charge in [-0.3, -0.25) is 0 Å². The maximum Gasteiger partial charge on any atom is 0.126 e. The van der Waals surface area contributed by atoms with E-state index in [9.17, 15) is 9.65 Å². The van der Waals surface area contributed by atoms with Crippen LogP contribution in [0.5, 0.6) is 0 Å². The van der Waals surface area contributed by atoms with Gasteiger partial charge in [0, 0.05) is 13.2 Å². The molecule has 1 aliphatic rings. The highest BCUT2D eigenvalue weighted by molar-refractivity contribution is 5.35. The number of halogens is 1. The van der Waals surface area contributed by atoms with Gasteiger partial charge >= 0.3 is 0 Å². The zero-order valence-electron chi connectivity index (χ0n) is 9.29. The summed E-state index contributed by atoms with van der Waals surface area (Å²) in [4.78, 5) is 0. The molecule has 0 amide bonds. The summed E-state index contributed by atoms with van der Waals surface area (Å²) in [6, 6.07) is 7.41. The van der Waals surface area contributed by atoms with Gasteiger partial charge in [-0.15, -0.1) is 0 Å². The first-order valence-corrected chi connectivity index (χ1v) is 5.44. The Kier molecular flexibility index (Phi) is 2.93. The third-order valence-corrected chi connectivity index (χ3v) is 3.28. The number of aryl methyl sites for hydroxylation is 1. The molecule has 0 aromatic heterocycles. The fourth-order valence-corrected chi connectivity index (χ4v) is 2.08. The Labute approximate surface area is 94.7 Å². The third kappa shape index (κ3) is 1.81. The van der Waals surface area contributed by atoms with Crippen LogP contribution < -0.4 is 0 Å². The number of nitriles is 1. The van der Waals surface area contributed by atoms with Crippen LogP contribution in [0.2, 0.25) is 0 Å². The summed E-state index contributed by atoms with van der Waals surface area (Å²) in [6.07, 6.45) is 1.29. The predicted octanol–water partition coefficient (Wildman–Crippen LogP) is 2.71. The van der Waals surface area contributed by atoms with Gasteiger partial charge in [0.1, 0.15) is 5.82 Å². The van der Waals surface area contributed by atoms with E-state index in [1.54, 1.807) is 13.0 Å². The minimum atomic E-state index is -0.563. The maximum absolute atomic E-state index is 13.5. The average molecular weight is 219 g/mol. The first-order valence-electron chi connectivity index (χ1n) is 5.44. The van der Waals surface area contributed by atoms with Crippen LogP contribution in [0.4, 0.5) is 4.39 Å². The molecule has 1 saturated heterocycles. The van der Waals surface area contributed by atoms with E-state index in [2.05, 4.69) is 6.07 Å². The Bertz CT molecular complexity index is 430. The largest absolute Gasteiger partial charge is 0.381 e. The molecular weight excluding hydrogens is 205 g/mol. The van der Waals surface area contributed by atoms with E-state index in [1.165, 1.54) is 6.07 Å². The first kappa shape index (κ1) is 11.1. The summed E-state index contributed by atoms with van der Waals surface area (Å²) >= 11 is 0. The van der Waals surface area contributed by atoms with Crippen LogP contribution in [0, 0.1) is 24.1 Å². The molecule has 0 aliphatic carbocycles. The van der Waals surface area contributed by atoms with Gasteiger partial charge in [0.25, 0.3) is 0 Å². The summed E-state index contributed by atoms with van der Waals surface area (Å²) in [7, 11) is 0. The standard InChI is InChI=1S/C13H14FNO/c1-10-2-3-11(8-12(10)14)13(9-15)4-6-16-7-5-13/h2-3,8H,4-7H2,1H3. The fourth-order valence-electron chi connectivity index (χ4n) is 2.08. The molecule has 1 aliphatic heterocycles. The number of ether oxygens (including phenoxy) is 1. The van der Waals surface area contributed by atoms with E-state index in [-0.39, 0.29) is 5.82 Å². The molecule has 1 aromatic carbocycles. The summed E-state index contributed by atoms with van der Waals surface area (Å²) < 4.78 is 18.8. The number of rotatable bonds is 1. The second-order valence-corrected chi connectivity index (χ2v) is 4.27. The summed E-state index contributed by atoms with van der Waals surface area (Å²) in [6.45, 7) is 2.87. The number of hydrogen-bond donors (Lipinski definition) is 0. The monoisotopic (exact) mass is 219 g/mol. The molecule has 0 atom stereocenters. The van der Waals surface area contributed by atoms with Crippen LogP contribution in [-0.2, 0) is 10.2 Å². The lowest BCUT2D eigenvalue weighted by Gasteiger charge is -2.31. The third-order valence-electron chi connectivity index (χ3n) is 3.28. The van der Waals surface area contributed by atoms with Crippen molar-refractivity contribution in [1.29, 1.82) is 5.26 Å². The molecule has 0 bridgehead atoms. The van der Waals surface area contributed by atoms with Crippen molar-refractivity contribution in [3.63, 3.8) is 0 Å². The molecule has 0 spiro atoms. The van der Waals surface area contributed by atoms with Crippen LogP contribution in [0.3, 0.4) is 0 Å².